The van der Waals surface area contributed by atoms with Gasteiger partial charge in [-0.2, -0.15) is 4.98 Å². The van der Waals surface area contributed by atoms with Crippen LogP contribution in [0.4, 0.5) is 0 Å². The fourth-order valence-corrected chi connectivity index (χ4v) is 3.20. The van der Waals surface area contributed by atoms with Gasteiger partial charge in [-0.05, 0) is 18.8 Å². The summed E-state index contributed by atoms with van der Waals surface area (Å²) < 4.78 is 10.8. The third-order valence-electron chi connectivity index (χ3n) is 4.53. The van der Waals surface area contributed by atoms with Crippen LogP contribution in [0, 0.1) is 5.92 Å². The third-order valence-corrected chi connectivity index (χ3v) is 4.53. The number of nitrogens with two attached hydrogens (primary N) is 1. The van der Waals surface area contributed by atoms with Crippen LogP contribution in [0.1, 0.15) is 49.9 Å². The van der Waals surface area contributed by atoms with E-state index in [-0.39, 0.29) is 6.04 Å². The van der Waals surface area contributed by atoms with E-state index in [0.29, 0.717) is 17.7 Å². The van der Waals surface area contributed by atoms with Gasteiger partial charge in [0, 0.05) is 25.6 Å². The number of morpholine rings is 1. The topological polar surface area (TPSA) is 77.4 Å². The molecule has 1 saturated heterocycles. The zero-order chi connectivity index (χ0) is 13.9. The first-order valence-corrected chi connectivity index (χ1v) is 7.63. The standard InChI is InChI=1S/C14H24N4O2/c1-10-3-2-4-11(10)14-16-13(17-20-14)12(15)9-18-5-7-19-8-6-18/h10-12H,2-9,15H2,1H3. The maximum atomic E-state index is 6.21. The fraction of sp³-hybridized carbons (Fsp3) is 0.857. The monoisotopic (exact) mass is 280 g/mol. The van der Waals surface area contributed by atoms with Crippen LogP contribution in [-0.4, -0.2) is 47.9 Å². The highest BCUT2D eigenvalue weighted by Gasteiger charge is 2.30. The lowest BCUT2D eigenvalue weighted by molar-refractivity contribution is 0.0348. The van der Waals surface area contributed by atoms with Crippen molar-refractivity contribution in [2.24, 2.45) is 11.7 Å². The van der Waals surface area contributed by atoms with E-state index in [1.165, 1.54) is 12.8 Å². The second-order valence-corrected chi connectivity index (χ2v) is 6.02. The number of ether oxygens (including phenoxy) is 1. The van der Waals surface area contributed by atoms with Crippen LogP contribution in [0.2, 0.25) is 0 Å². The van der Waals surface area contributed by atoms with Gasteiger partial charge in [-0.3, -0.25) is 4.90 Å². The quantitative estimate of drug-likeness (QED) is 0.896. The van der Waals surface area contributed by atoms with Crippen LogP contribution in [0.5, 0.6) is 0 Å². The summed E-state index contributed by atoms with van der Waals surface area (Å²) in [5, 5.41) is 4.09. The summed E-state index contributed by atoms with van der Waals surface area (Å²) in [7, 11) is 0. The lowest BCUT2D eigenvalue weighted by Crippen LogP contribution is -2.40. The largest absolute Gasteiger partial charge is 0.379 e. The Morgan fingerprint density at radius 1 is 1.35 bits per heavy atom. The number of hydrogen-bond acceptors (Lipinski definition) is 6. The molecule has 1 aromatic heterocycles. The predicted molar refractivity (Wildman–Crippen MR) is 74.2 cm³/mol. The average molecular weight is 280 g/mol. The minimum Gasteiger partial charge on any atom is -0.379 e. The Balaban J connectivity index is 1.60. The van der Waals surface area contributed by atoms with Crippen LogP contribution >= 0.6 is 0 Å². The minimum atomic E-state index is -0.178. The Kier molecular flexibility index (Phi) is 4.33. The Morgan fingerprint density at radius 3 is 2.85 bits per heavy atom. The van der Waals surface area contributed by atoms with Gasteiger partial charge in [-0.1, -0.05) is 18.5 Å². The SMILES string of the molecule is CC1CCCC1c1nc(C(N)CN2CCOCC2)no1. The normalized spacial score (nSPS) is 29.7. The molecular formula is C14H24N4O2. The van der Waals surface area contributed by atoms with Crippen molar-refractivity contribution in [1.82, 2.24) is 15.0 Å². The molecule has 20 heavy (non-hydrogen) atoms. The second-order valence-electron chi connectivity index (χ2n) is 6.02. The van der Waals surface area contributed by atoms with Gasteiger partial charge < -0.3 is 15.0 Å². The van der Waals surface area contributed by atoms with Gasteiger partial charge in [0.1, 0.15) is 0 Å². The molecule has 2 N–H and O–H groups in total. The summed E-state index contributed by atoms with van der Waals surface area (Å²) in [5.41, 5.74) is 6.21. The number of hydrogen-bond donors (Lipinski definition) is 1. The smallest absolute Gasteiger partial charge is 0.230 e. The number of nitrogens with zero attached hydrogens (tertiary/aromatic N) is 3. The molecule has 0 amide bonds. The molecule has 2 aliphatic rings. The first-order valence-electron chi connectivity index (χ1n) is 7.63. The molecule has 1 aromatic rings. The van der Waals surface area contributed by atoms with Crippen molar-refractivity contribution in [2.75, 3.05) is 32.8 Å². The maximum Gasteiger partial charge on any atom is 0.230 e. The first kappa shape index (κ1) is 14.0. The van der Waals surface area contributed by atoms with Crippen molar-refractivity contribution in [2.45, 2.75) is 38.1 Å². The highest BCUT2D eigenvalue weighted by Crippen LogP contribution is 2.38. The van der Waals surface area contributed by atoms with Crippen molar-refractivity contribution in [1.29, 1.82) is 0 Å². The van der Waals surface area contributed by atoms with Gasteiger partial charge in [0.25, 0.3) is 0 Å². The maximum absolute atomic E-state index is 6.21. The zero-order valence-corrected chi connectivity index (χ0v) is 12.1. The van der Waals surface area contributed by atoms with E-state index in [0.717, 1.165) is 45.2 Å². The molecule has 1 saturated carbocycles. The molecule has 112 valence electrons. The van der Waals surface area contributed by atoms with Gasteiger partial charge in [0.05, 0.1) is 19.3 Å². The molecule has 0 spiro atoms. The Hall–Kier alpha value is -0.980. The zero-order valence-electron chi connectivity index (χ0n) is 12.1. The van der Waals surface area contributed by atoms with Crippen LogP contribution in [0.3, 0.4) is 0 Å². The van der Waals surface area contributed by atoms with E-state index in [1.54, 1.807) is 0 Å². The summed E-state index contributed by atoms with van der Waals surface area (Å²) in [5.74, 6) is 2.48. The van der Waals surface area contributed by atoms with Crippen molar-refractivity contribution in [3.05, 3.63) is 11.7 Å². The van der Waals surface area contributed by atoms with Crippen molar-refractivity contribution in [3.8, 4) is 0 Å². The molecule has 2 fully saturated rings. The van der Waals surface area contributed by atoms with Crippen LogP contribution < -0.4 is 5.73 Å². The van der Waals surface area contributed by atoms with Gasteiger partial charge in [0.2, 0.25) is 5.89 Å². The molecule has 3 rings (SSSR count). The van der Waals surface area contributed by atoms with Crippen LogP contribution in [0.15, 0.2) is 4.52 Å². The molecule has 0 bridgehead atoms. The Labute approximate surface area is 119 Å². The third kappa shape index (κ3) is 3.02. The molecule has 0 radical (unpaired) electrons. The molecule has 2 heterocycles. The van der Waals surface area contributed by atoms with E-state index >= 15 is 0 Å². The van der Waals surface area contributed by atoms with Gasteiger partial charge in [-0.25, -0.2) is 0 Å². The summed E-state index contributed by atoms with van der Waals surface area (Å²) in [6.07, 6.45) is 3.66. The predicted octanol–water partition coefficient (Wildman–Crippen LogP) is 1.31. The molecule has 1 aliphatic heterocycles. The van der Waals surface area contributed by atoms with E-state index in [4.69, 9.17) is 15.0 Å². The highest BCUT2D eigenvalue weighted by atomic mass is 16.5. The lowest BCUT2D eigenvalue weighted by atomic mass is 9.98. The number of rotatable bonds is 4. The highest BCUT2D eigenvalue weighted by molar-refractivity contribution is 5.01. The molecule has 1 aliphatic carbocycles. The number of aromatic nitrogens is 2. The van der Waals surface area contributed by atoms with Crippen LogP contribution in [0.25, 0.3) is 0 Å². The van der Waals surface area contributed by atoms with Gasteiger partial charge >= 0.3 is 0 Å². The lowest BCUT2D eigenvalue weighted by Gasteiger charge is -2.27. The second kappa shape index (κ2) is 6.20. The molecule has 3 unspecified atom stereocenters. The molecule has 3 atom stereocenters. The summed E-state index contributed by atoms with van der Waals surface area (Å²) >= 11 is 0. The average Bonchev–Trinajstić information content (AvgIpc) is 3.08. The van der Waals surface area contributed by atoms with Gasteiger partial charge in [0.15, 0.2) is 5.82 Å². The fourth-order valence-electron chi connectivity index (χ4n) is 3.20. The molecule has 6 heteroatoms. The molecular weight excluding hydrogens is 256 g/mol. The van der Waals surface area contributed by atoms with Crippen molar-refractivity contribution < 1.29 is 9.26 Å². The van der Waals surface area contributed by atoms with E-state index in [9.17, 15) is 0 Å². The van der Waals surface area contributed by atoms with E-state index < -0.39 is 0 Å². The molecule has 0 aromatic carbocycles. The summed E-state index contributed by atoms with van der Waals surface area (Å²) in [6.45, 7) is 6.45. The minimum absolute atomic E-state index is 0.178. The summed E-state index contributed by atoms with van der Waals surface area (Å²) in [6, 6.07) is -0.178. The van der Waals surface area contributed by atoms with E-state index in [2.05, 4.69) is 22.0 Å². The van der Waals surface area contributed by atoms with Gasteiger partial charge in [-0.15, -0.1) is 0 Å². The Bertz CT molecular complexity index is 431. The van der Waals surface area contributed by atoms with Crippen molar-refractivity contribution >= 4 is 0 Å². The van der Waals surface area contributed by atoms with Crippen molar-refractivity contribution in [3.63, 3.8) is 0 Å². The van der Waals surface area contributed by atoms with Crippen LogP contribution in [-0.2, 0) is 4.74 Å². The van der Waals surface area contributed by atoms with E-state index in [1.807, 2.05) is 0 Å². The molecule has 6 nitrogen and oxygen atoms in total. The first-order chi connectivity index (χ1) is 9.74. The Morgan fingerprint density at radius 2 is 2.15 bits per heavy atom. The summed E-state index contributed by atoms with van der Waals surface area (Å²) in [4.78, 5) is 6.84.